The molecule has 0 atom stereocenters. The Balaban J connectivity index is 2.45. The summed E-state index contributed by atoms with van der Waals surface area (Å²) < 4.78 is 38.5. The summed E-state index contributed by atoms with van der Waals surface area (Å²) in [5, 5.41) is 2.49. The first kappa shape index (κ1) is 16.6. The van der Waals surface area contributed by atoms with Crippen molar-refractivity contribution in [1.82, 2.24) is 0 Å². The van der Waals surface area contributed by atoms with Crippen molar-refractivity contribution in [3.05, 3.63) is 64.7 Å². The van der Waals surface area contributed by atoms with Gasteiger partial charge >= 0.3 is 6.18 Å². The lowest BCUT2D eigenvalue weighted by Crippen LogP contribution is -2.10. The third kappa shape index (κ3) is 4.62. The summed E-state index contributed by atoms with van der Waals surface area (Å²) in [6.45, 7) is 3.22. The molecule has 0 unspecified atom stereocenters. The Morgan fingerprint density at radius 2 is 1.70 bits per heavy atom. The molecule has 0 fully saturated rings. The van der Waals surface area contributed by atoms with Gasteiger partial charge in [-0.25, -0.2) is 0 Å². The van der Waals surface area contributed by atoms with Gasteiger partial charge in [0.1, 0.15) is 0 Å². The zero-order chi connectivity index (χ0) is 17.0. The van der Waals surface area contributed by atoms with Crippen LogP contribution in [0.5, 0.6) is 0 Å². The van der Waals surface area contributed by atoms with Crippen LogP contribution < -0.4 is 5.32 Å². The van der Waals surface area contributed by atoms with Crippen LogP contribution in [0, 0.1) is 18.8 Å². The van der Waals surface area contributed by atoms with E-state index < -0.39 is 11.7 Å². The van der Waals surface area contributed by atoms with Gasteiger partial charge in [0.2, 0.25) is 5.91 Å². The van der Waals surface area contributed by atoms with Gasteiger partial charge in [0.05, 0.1) is 11.3 Å². The van der Waals surface area contributed by atoms with E-state index in [2.05, 4.69) is 17.2 Å². The third-order valence-corrected chi connectivity index (χ3v) is 3.05. The molecule has 0 heterocycles. The molecule has 0 aliphatic carbocycles. The summed E-state index contributed by atoms with van der Waals surface area (Å²) in [6, 6.07) is 10.4. The van der Waals surface area contributed by atoms with Crippen molar-refractivity contribution < 1.29 is 18.0 Å². The molecule has 118 valence electrons. The summed E-state index contributed by atoms with van der Waals surface area (Å²) in [5.41, 5.74) is 1.32. The number of amides is 1. The van der Waals surface area contributed by atoms with Crippen molar-refractivity contribution in [3.8, 4) is 11.8 Å². The third-order valence-electron chi connectivity index (χ3n) is 3.05. The van der Waals surface area contributed by atoms with E-state index in [-0.39, 0.29) is 17.2 Å². The fourth-order valence-electron chi connectivity index (χ4n) is 1.90. The summed E-state index contributed by atoms with van der Waals surface area (Å²) in [6.07, 6.45) is -4.46. The van der Waals surface area contributed by atoms with E-state index >= 15 is 0 Å². The van der Waals surface area contributed by atoms with Crippen LogP contribution in [-0.4, -0.2) is 5.91 Å². The number of carbonyl (C=O) groups is 1. The molecular formula is C18H14F3NO. The number of carbonyl (C=O) groups excluding carboxylic acids is 1. The van der Waals surface area contributed by atoms with E-state index in [0.717, 1.165) is 17.7 Å². The van der Waals surface area contributed by atoms with Crippen LogP contribution in [-0.2, 0) is 11.0 Å². The molecule has 0 aliphatic rings. The van der Waals surface area contributed by atoms with E-state index in [0.29, 0.717) is 5.56 Å². The zero-order valence-corrected chi connectivity index (χ0v) is 12.6. The molecule has 0 radical (unpaired) electrons. The molecule has 0 spiro atoms. The molecule has 2 aromatic carbocycles. The molecule has 2 aromatic rings. The van der Waals surface area contributed by atoms with Gasteiger partial charge in [0.15, 0.2) is 0 Å². The Hall–Kier alpha value is -2.74. The van der Waals surface area contributed by atoms with Crippen LogP contribution in [0.1, 0.15) is 29.2 Å². The van der Waals surface area contributed by atoms with Crippen molar-refractivity contribution in [2.75, 3.05) is 5.32 Å². The monoisotopic (exact) mass is 317 g/mol. The Bertz CT molecular complexity index is 781. The number of alkyl halides is 3. The Labute approximate surface area is 132 Å². The second-order valence-corrected chi connectivity index (χ2v) is 5.06. The van der Waals surface area contributed by atoms with E-state index in [4.69, 9.17) is 0 Å². The zero-order valence-electron chi connectivity index (χ0n) is 12.6. The van der Waals surface area contributed by atoms with Crippen LogP contribution in [0.25, 0.3) is 0 Å². The van der Waals surface area contributed by atoms with Crippen LogP contribution in [0.2, 0.25) is 0 Å². The maximum absolute atomic E-state index is 12.8. The molecule has 23 heavy (non-hydrogen) atoms. The molecule has 0 bridgehead atoms. The predicted octanol–water partition coefficient (Wildman–Crippen LogP) is 4.37. The number of nitrogens with one attached hydrogen (secondary N) is 1. The average Bonchev–Trinajstić information content (AvgIpc) is 2.46. The van der Waals surface area contributed by atoms with Gasteiger partial charge in [-0.1, -0.05) is 29.5 Å². The minimum absolute atomic E-state index is 0.121. The van der Waals surface area contributed by atoms with Gasteiger partial charge in [0, 0.05) is 18.1 Å². The number of hydrogen-bond donors (Lipinski definition) is 1. The Kier molecular flexibility index (Phi) is 4.75. The lowest BCUT2D eigenvalue weighted by Gasteiger charge is -2.10. The summed E-state index contributed by atoms with van der Waals surface area (Å²) in [4.78, 5) is 11.2. The van der Waals surface area contributed by atoms with Crippen molar-refractivity contribution >= 4 is 11.6 Å². The van der Waals surface area contributed by atoms with Crippen molar-refractivity contribution in [3.63, 3.8) is 0 Å². The van der Waals surface area contributed by atoms with Gasteiger partial charge in [-0.15, -0.1) is 0 Å². The fraction of sp³-hybridized carbons (Fsp3) is 0.167. The number of anilines is 1. The average molecular weight is 317 g/mol. The number of halogens is 3. The highest BCUT2D eigenvalue weighted by Crippen LogP contribution is 2.31. The standard InChI is InChI=1S/C18H14F3NO/c1-12-3-5-14(6-4-12)7-8-15-11-16(18(19,20)21)9-10-17(15)22-13(2)23/h3-6,9-11H,1-2H3,(H,22,23). The minimum Gasteiger partial charge on any atom is -0.325 e. The topological polar surface area (TPSA) is 29.1 Å². The van der Waals surface area contributed by atoms with Gasteiger partial charge in [0.25, 0.3) is 0 Å². The largest absolute Gasteiger partial charge is 0.416 e. The van der Waals surface area contributed by atoms with Crippen molar-refractivity contribution in [2.24, 2.45) is 0 Å². The second kappa shape index (κ2) is 6.57. The highest BCUT2D eigenvalue weighted by atomic mass is 19.4. The molecule has 0 saturated carbocycles. The number of benzene rings is 2. The SMILES string of the molecule is CC(=O)Nc1ccc(C(F)(F)F)cc1C#Cc1ccc(C)cc1. The van der Waals surface area contributed by atoms with E-state index in [1.165, 1.54) is 13.0 Å². The normalized spacial score (nSPS) is 10.7. The van der Waals surface area contributed by atoms with E-state index in [1.54, 1.807) is 12.1 Å². The molecule has 2 rings (SSSR count). The molecule has 2 nitrogen and oxygen atoms in total. The highest BCUT2D eigenvalue weighted by Gasteiger charge is 2.30. The van der Waals surface area contributed by atoms with Crippen molar-refractivity contribution in [2.45, 2.75) is 20.0 Å². The lowest BCUT2D eigenvalue weighted by atomic mass is 10.1. The summed E-state index contributed by atoms with van der Waals surface area (Å²) in [5.74, 6) is 5.14. The number of rotatable bonds is 1. The Morgan fingerprint density at radius 3 is 2.26 bits per heavy atom. The first-order valence-electron chi connectivity index (χ1n) is 6.83. The molecule has 0 saturated heterocycles. The van der Waals surface area contributed by atoms with Crippen LogP contribution in [0.4, 0.5) is 18.9 Å². The summed E-state index contributed by atoms with van der Waals surface area (Å²) in [7, 11) is 0. The van der Waals surface area contributed by atoms with Gasteiger partial charge in [-0.2, -0.15) is 13.2 Å². The van der Waals surface area contributed by atoms with Crippen LogP contribution in [0.15, 0.2) is 42.5 Å². The molecule has 0 aliphatic heterocycles. The lowest BCUT2D eigenvalue weighted by molar-refractivity contribution is -0.137. The molecule has 5 heteroatoms. The molecule has 0 aromatic heterocycles. The molecule has 1 N–H and O–H groups in total. The smallest absolute Gasteiger partial charge is 0.325 e. The van der Waals surface area contributed by atoms with Gasteiger partial charge < -0.3 is 5.32 Å². The van der Waals surface area contributed by atoms with Crippen LogP contribution >= 0.6 is 0 Å². The summed E-state index contributed by atoms with van der Waals surface area (Å²) >= 11 is 0. The maximum atomic E-state index is 12.8. The van der Waals surface area contributed by atoms with Gasteiger partial charge in [-0.05, 0) is 37.3 Å². The Morgan fingerprint density at radius 1 is 1.04 bits per heavy atom. The predicted molar refractivity (Wildman–Crippen MR) is 82.9 cm³/mol. The second-order valence-electron chi connectivity index (χ2n) is 5.06. The number of hydrogen-bond acceptors (Lipinski definition) is 1. The van der Waals surface area contributed by atoms with E-state index in [9.17, 15) is 18.0 Å². The van der Waals surface area contributed by atoms with E-state index in [1.807, 2.05) is 19.1 Å². The molecular weight excluding hydrogens is 303 g/mol. The van der Waals surface area contributed by atoms with Gasteiger partial charge in [-0.3, -0.25) is 4.79 Å². The van der Waals surface area contributed by atoms with Crippen LogP contribution in [0.3, 0.4) is 0 Å². The highest BCUT2D eigenvalue weighted by molar-refractivity contribution is 5.90. The number of aryl methyl sites for hydroxylation is 1. The molecule has 1 amide bonds. The first-order valence-corrected chi connectivity index (χ1v) is 6.83. The maximum Gasteiger partial charge on any atom is 0.416 e. The fourth-order valence-corrected chi connectivity index (χ4v) is 1.90. The first-order chi connectivity index (χ1) is 10.8. The van der Waals surface area contributed by atoms with Crippen molar-refractivity contribution in [1.29, 1.82) is 0 Å². The quantitative estimate of drug-likeness (QED) is 0.777. The minimum atomic E-state index is -4.46.